The zero-order valence-electron chi connectivity index (χ0n) is 14.2. The van der Waals surface area contributed by atoms with E-state index >= 15 is 0 Å². The first kappa shape index (κ1) is 16.0. The number of carbonyl (C=O) groups excluding carboxylic acids is 1. The number of fused-ring (bicyclic) bond motifs is 5. The topological polar surface area (TPSA) is 37.3 Å². The van der Waals surface area contributed by atoms with Crippen LogP contribution in [0.5, 0.6) is 0 Å². The average Bonchev–Trinajstić information content (AvgIpc) is 2.76. The summed E-state index contributed by atoms with van der Waals surface area (Å²) in [6.07, 6.45) is 5.32. The van der Waals surface area contributed by atoms with Crippen molar-refractivity contribution in [1.29, 1.82) is 0 Å². The van der Waals surface area contributed by atoms with Crippen molar-refractivity contribution in [1.82, 2.24) is 0 Å². The van der Waals surface area contributed by atoms with Gasteiger partial charge >= 0.3 is 5.92 Å². The van der Waals surface area contributed by atoms with Gasteiger partial charge in [0, 0.05) is 12.8 Å². The Morgan fingerprint density at radius 3 is 2.43 bits per heavy atom. The molecule has 0 saturated heterocycles. The van der Waals surface area contributed by atoms with Gasteiger partial charge in [-0.05, 0) is 73.0 Å². The molecule has 130 valence electrons. The van der Waals surface area contributed by atoms with Crippen LogP contribution < -0.4 is 0 Å². The molecule has 0 aromatic rings. The van der Waals surface area contributed by atoms with Crippen LogP contribution in [0.4, 0.5) is 8.78 Å². The van der Waals surface area contributed by atoms with Crippen molar-refractivity contribution >= 4 is 5.78 Å². The number of hydrogen-bond acceptors (Lipinski definition) is 2. The maximum Gasteiger partial charge on any atom is 0.305 e. The Labute approximate surface area is 137 Å². The van der Waals surface area contributed by atoms with Gasteiger partial charge in [0.1, 0.15) is 0 Å². The molecule has 1 N–H and O–H groups in total. The van der Waals surface area contributed by atoms with Gasteiger partial charge in [0.15, 0.2) is 0 Å². The molecular weight excluding hydrogens is 298 g/mol. The summed E-state index contributed by atoms with van der Waals surface area (Å²) in [5, 5.41) is 10.4. The summed E-state index contributed by atoms with van der Waals surface area (Å²) in [5.74, 6) is -2.62. The zero-order valence-corrected chi connectivity index (χ0v) is 14.2. The van der Waals surface area contributed by atoms with Crippen LogP contribution in [0.3, 0.4) is 0 Å². The minimum Gasteiger partial charge on any atom is -0.393 e. The second-order valence-electron chi connectivity index (χ2n) is 9.30. The number of hydrogen-bond donors (Lipinski definition) is 1. The van der Waals surface area contributed by atoms with Gasteiger partial charge in [0.05, 0.1) is 6.10 Å². The van der Waals surface area contributed by atoms with Gasteiger partial charge in [-0.25, -0.2) is 0 Å². The Bertz CT molecular complexity index is 533. The first-order valence-corrected chi connectivity index (χ1v) is 9.28. The molecule has 7 atom stereocenters. The minimum absolute atomic E-state index is 0.0165. The molecule has 0 spiro atoms. The van der Waals surface area contributed by atoms with E-state index in [1.807, 2.05) is 6.92 Å². The third-order valence-electron chi connectivity index (χ3n) is 8.46. The lowest BCUT2D eigenvalue weighted by Gasteiger charge is -2.60. The van der Waals surface area contributed by atoms with Crippen LogP contribution in [0.1, 0.15) is 65.2 Å². The van der Waals surface area contributed by atoms with E-state index in [4.69, 9.17) is 0 Å². The van der Waals surface area contributed by atoms with Crippen LogP contribution in [0, 0.1) is 34.5 Å². The van der Waals surface area contributed by atoms with E-state index in [-0.39, 0.29) is 30.3 Å². The quantitative estimate of drug-likeness (QED) is 0.724. The maximum absolute atomic E-state index is 14.2. The second kappa shape index (κ2) is 4.77. The molecule has 4 rings (SSSR count). The van der Waals surface area contributed by atoms with Gasteiger partial charge in [-0.1, -0.05) is 13.8 Å². The van der Waals surface area contributed by atoms with Crippen LogP contribution in [0.25, 0.3) is 0 Å². The molecule has 0 radical (unpaired) electrons. The number of carbonyl (C=O) groups is 1. The van der Waals surface area contributed by atoms with Crippen molar-refractivity contribution in [3.8, 4) is 0 Å². The summed E-state index contributed by atoms with van der Waals surface area (Å²) in [7, 11) is 0. The summed E-state index contributed by atoms with van der Waals surface area (Å²) in [4.78, 5) is 11.8. The second-order valence-corrected chi connectivity index (χ2v) is 9.30. The van der Waals surface area contributed by atoms with Gasteiger partial charge in [-0.2, -0.15) is 8.78 Å². The number of alkyl halides is 2. The van der Waals surface area contributed by atoms with Gasteiger partial charge in [0.25, 0.3) is 0 Å². The predicted molar refractivity (Wildman–Crippen MR) is 83.1 cm³/mol. The van der Waals surface area contributed by atoms with Crippen molar-refractivity contribution in [2.75, 3.05) is 0 Å². The van der Waals surface area contributed by atoms with E-state index in [9.17, 15) is 18.7 Å². The fraction of sp³-hybridized carbons (Fsp3) is 0.947. The molecule has 2 nitrogen and oxygen atoms in total. The van der Waals surface area contributed by atoms with Gasteiger partial charge < -0.3 is 5.11 Å². The summed E-state index contributed by atoms with van der Waals surface area (Å²) < 4.78 is 28.4. The van der Waals surface area contributed by atoms with Crippen molar-refractivity contribution in [2.45, 2.75) is 77.2 Å². The number of Topliss-reactive ketones (excluding diaryl/α,β-unsaturated/α-hetero) is 1. The molecule has 0 aliphatic heterocycles. The van der Waals surface area contributed by atoms with E-state index in [0.717, 1.165) is 38.5 Å². The molecule has 23 heavy (non-hydrogen) atoms. The predicted octanol–water partition coefficient (Wildman–Crippen LogP) is 4.20. The molecule has 4 aliphatic carbocycles. The fourth-order valence-corrected chi connectivity index (χ4v) is 7.07. The molecule has 0 unspecified atom stereocenters. The monoisotopic (exact) mass is 326 g/mol. The molecule has 4 heteroatoms. The summed E-state index contributed by atoms with van der Waals surface area (Å²) in [6.45, 7) is 4.24. The summed E-state index contributed by atoms with van der Waals surface area (Å²) in [6, 6.07) is 0. The first-order chi connectivity index (χ1) is 10.7. The molecule has 0 amide bonds. The van der Waals surface area contributed by atoms with E-state index in [0.29, 0.717) is 17.8 Å². The van der Waals surface area contributed by atoms with Crippen molar-refractivity contribution in [3.05, 3.63) is 0 Å². The maximum atomic E-state index is 14.2. The standard InChI is InChI=1S/C19H28F2O2/c1-17-8-7-14-12(13(17)5-6-15(17)22)4-3-11-9-16(23)19(20,21)10-18(11,14)2/h11-15,22H,3-10H2,1-2H3/t11-,12+,13-,14-,15-,17-,18-/m0/s1. The summed E-state index contributed by atoms with van der Waals surface area (Å²) >= 11 is 0. The third kappa shape index (κ3) is 2.03. The highest BCUT2D eigenvalue weighted by atomic mass is 19.3. The van der Waals surface area contributed by atoms with Crippen LogP contribution in [0.2, 0.25) is 0 Å². The highest BCUT2D eigenvalue weighted by Gasteiger charge is 2.64. The lowest BCUT2D eigenvalue weighted by Crippen LogP contribution is -2.57. The Balaban J connectivity index is 1.66. The molecule has 4 saturated carbocycles. The van der Waals surface area contributed by atoms with E-state index in [1.54, 1.807) is 0 Å². The van der Waals surface area contributed by atoms with Crippen molar-refractivity contribution in [2.24, 2.45) is 34.5 Å². The molecule has 4 aliphatic rings. The van der Waals surface area contributed by atoms with Crippen LogP contribution in [-0.2, 0) is 4.79 Å². The number of aliphatic hydroxyl groups excluding tert-OH is 1. The zero-order chi connectivity index (χ0) is 16.6. The number of aliphatic hydroxyl groups is 1. The molecule has 0 heterocycles. The highest BCUT2D eigenvalue weighted by molar-refractivity contribution is 5.86. The highest BCUT2D eigenvalue weighted by Crippen LogP contribution is 2.67. The largest absolute Gasteiger partial charge is 0.393 e. The van der Waals surface area contributed by atoms with Gasteiger partial charge in [-0.3, -0.25) is 4.79 Å². The first-order valence-electron chi connectivity index (χ1n) is 9.28. The van der Waals surface area contributed by atoms with Crippen LogP contribution in [-0.4, -0.2) is 22.9 Å². The van der Waals surface area contributed by atoms with Crippen LogP contribution >= 0.6 is 0 Å². The number of halogens is 2. The normalized spacial score (nSPS) is 55.0. The Kier molecular flexibility index (Phi) is 3.32. The van der Waals surface area contributed by atoms with Gasteiger partial charge in [-0.15, -0.1) is 0 Å². The minimum atomic E-state index is -3.14. The lowest BCUT2D eigenvalue weighted by molar-refractivity contribution is -0.184. The average molecular weight is 326 g/mol. The molecule has 0 aromatic carbocycles. The smallest absolute Gasteiger partial charge is 0.305 e. The third-order valence-corrected chi connectivity index (χ3v) is 8.46. The molecule has 4 fully saturated rings. The van der Waals surface area contributed by atoms with E-state index in [2.05, 4.69) is 6.92 Å². The Morgan fingerprint density at radius 1 is 1.00 bits per heavy atom. The lowest BCUT2D eigenvalue weighted by atomic mass is 9.45. The van der Waals surface area contributed by atoms with E-state index < -0.39 is 17.1 Å². The van der Waals surface area contributed by atoms with Gasteiger partial charge in [0.2, 0.25) is 5.78 Å². The van der Waals surface area contributed by atoms with Crippen molar-refractivity contribution in [3.63, 3.8) is 0 Å². The number of ketones is 1. The Morgan fingerprint density at radius 2 is 1.70 bits per heavy atom. The SMILES string of the molecule is C[C@]12CC(F)(F)C(=O)C[C@@H]1CC[C@H]1[C@@H]2CC[C@]2(C)[C@@H](O)CC[C@@H]12. The molecular formula is C19H28F2O2. The van der Waals surface area contributed by atoms with Crippen LogP contribution in [0.15, 0.2) is 0 Å². The van der Waals surface area contributed by atoms with Crippen molar-refractivity contribution < 1.29 is 18.7 Å². The molecule has 0 aromatic heterocycles. The number of rotatable bonds is 0. The van der Waals surface area contributed by atoms with E-state index in [1.165, 1.54) is 0 Å². The Hall–Kier alpha value is -0.510. The fourth-order valence-electron chi connectivity index (χ4n) is 7.07. The summed E-state index contributed by atoms with van der Waals surface area (Å²) in [5.41, 5.74) is -0.424. The molecule has 0 bridgehead atoms.